The molecule has 1 N–H and O–H groups in total. The molecule has 1 amide bonds. The molecule has 0 spiro atoms. The molecule has 3 rings (SSSR count). The smallest absolute Gasteiger partial charge is 0.325 e. The van der Waals surface area contributed by atoms with Gasteiger partial charge < -0.3 is 14.8 Å². The Labute approximate surface area is 110 Å². The number of fused-ring (bicyclic) bond motifs is 1. The van der Waals surface area contributed by atoms with Gasteiger partial charge >= 0.3 is 11.9 Å². The molecule has 6 heteroatoms. The van der Waals surface area contributed by atoms with Crippen LogP contribution < -0.4 is 5.32 Å². The molecule has 0 aromatic heterocycles. The van der Waals surface area contributed by atoms with E-state index < -0.39 is 11.9 Å². The number of rotatable bonds is 4. The van der Waals surface area contributed by atoms with Gasteiger partial charge in [0.2, 0.25) is 5.91 Å². The molecule has 3 fully saturated rings. The summed E-state index contributed by atoms with van der Waals surface area (Å²) in [6.45, 7) is 3.10. The van der Waals surface area contributed by atoms with Gasteiger partial charge in [0.15, 0.2) is 0 Å². The second kappa shape index (κ2) is 4.36. The molecule has 6 nitrogen and oxygen atoms in total. The number of amides is 1. The molecule has 3 aliphatic rings. The van der Waals surface area contributed by atoms with E-state index in [2.05, 4.69) is 11.9 Å². The molecule has 1 heterocycles. The molecule has 3 unspecified atom stereocenters. The van der Waals surface area contributed by atoms with Crippen LogP contribution in [-0.2, 0) is 23.9 Å². The van der Waals surface area contributed by atoms with Crippen LogP contribution in [0.25, 0.3) is 0 Å². The molecule has 2 saturated carbocycles. The third kappa shape index (κ3) is 1.91. The zero-order valence-corrected chi connectivity index (χ0v) is 10.3. The maximum Gasteiger partial charge on any atom is 0.325 e. The Balaban J connectivity index is 1.57. The molecule has 0 aromatic carbocycles. The van der Waals surface area contributed by atoms with Crippen molar-refractivity contribution in [2.45, 2.75) is 25.0 Å². The van der Waals surface area contributed by atoms with Crippen LogP contribution in [0.5, 0.6) is 0 Å². The van der Waals surface area contributed by atoms with Crippen LogP contribution in [0.2, 0.25) is 0 Å². The van der Waals surface area contributed by atoms with Crippen LogP contribution in [0.4, 0.5) is 0 Å². The molecule has 5 atom stereocenters. The maximum atomic E-state index is 11.6. The van der Waals surface area contributed by atoms with Crippen LogP contribution in [0, 0.1) is 17.8 Å². The highest BCUT2D eigenvalue weighted by molar-refractivity contribution is 5.89. The van der Waals surface area contributed by atoms with E-state index in [0.717, 1.165) is 18.9 Å². The van der Waals surface area contributed by atoms with Gasteiger partial charge in [-0.25, -0.2) is 0 Å². The minimum atomic E-state index is -0.507. The standard InChI is InChI=1S/C13H15NO5/c1-2-9(15)14-5-10(16)18-11-6-3-7-8(4-6)13(17)19-12(7)11/h2,6-8,11-12H,1,3-5H2,(H,14,15)/t6-,7-,8?,11?,12?/m0/s1. The normalized spacial score (nSPS) is 37.9. The van der Waals surface area contributed by atoms with Crippen molar-refractivity contribution < 1.29 is 23.9 Å². The molecular weight excluding hydrogens is 250 g/mol. The van der Waals surface area contributed by atoms with E-state index in [1.165, 1.54) is 0 Å². The van der Waals surface area contributed by atoms with E-state index in [-0.39, 0.29) is 42.5 Å². The number of carbonyl (C=O) groups excluding carboxylic acids is 3. The van der Waals surface area contributed by atoms with E-state index >= 15 is 0 Å². The third-order valence-electron chi connectivity index (χ3n) is 4.27. The molecule has 1 saturated heterocycles. The van der Waals surface area contributed by atoms with Crippen LogP contribution in [0.15, 0.2) is 12.7 Å². The first-order valence-corrected chi connectivity index (χ1v) is 6.40. The van der Waals surface area contributed by atoms with Crippen LogP contribution in [-0.4, -0.2) is 36.6 Å². The number of hydrogen-bond donors (Lipinski definition) is 1. The fourth-order valence-corrected chi connectivity index (χ4v) is 3.49. The number of carbonyl (C=O) groups is 3. The predicted molar refractivity (Wildman–Crippen MR) is 62.7 cm³/mol. The van der Waals surface area contributed by atoms with Gasteiger partial charge in [-0.05, 0) is 18.9 Å². The van der Waals surface area contributed by atoms with Crippen molar-refractivity contribution in [3.8, 4) is 0 Å². The first-order chi connectivity index (χ1) is 9.10. The van der Waals surface area contributed by atoms with Gasteiger partial charge in [-0.15, -0.1) is 0 Å². The van der Waals surface area contributed by atoms with Crippen LogP contribution >= 0.6 is 0 Å². The lowest BCUT2D eigenvalue weighted by atomic mass is 9.88. The van der Waals surface area contributed by atoms with Gasteiger partial charge in [0, 0.05) is 11.8 Å². The fourth-order valence-electron chi connectivity index (χ4n) is 3.49. The highest BCUT2D eigenvalue weighted by Gasteiger charge is 2.63. The summed E-state index contributed by atoms with van der Waals surface area (Å²) in [5.74, 6) is -0.658. The minimum Gasteiger partial charge on any atom is -0.458 e. The van der Waals surface area contributed by atoms with Crippen LogP contribution in [0.1, 0.15) is 12.8 Å². The first-order valence-electron chi connectivity index (χ1n) is 6.40. The Kier molecular flexibility index (Phi) is 2.80. The molecule has 0 aromatic rings. The Bertz CT molecular complexity index is 460. The SMILES string of the molecule is C=CC(=O)NCC(=O)OC1C2OC(=O)C3C[C@@H]1C[C@@H]32. The van der Waals surface area contributed by atoms with E-state index in [4.69, 9.17) is 9.47 Å². The third-order valence-corrected chi connectivity index (χ3v) is 4.27. The van der Waals surface area contributed by atoms with Crippen molar-refractivity contribution >= 4 is 17.8 Å². The van der Waals surface area contributed by atoms with E-state index in [1.54, 1.807) is 0 Å². The lowest BCUT2D eigenvalue weighted by molar-refractivity contribution is -0.161. The molecule has 2 bridgehead atoms. The highest BCUT2D eigenvalue weighted by Crippen LogP contribution is 2.55. The summed E-state index contributed by atoms with van der Waals surface area (Å²) in [4.78, 5) is 34.1. The Morgan fingerprint density at radius 1 is 1.47 bits per heavy atom. The lowest BCUT2D eigenvalue weighted by Gasteiger charge is -2.25. The zero-order valence-electron chi connectivity index (χ0n) is 10.3. The van der Waals surface area contributed by atoms with Gasteiger partial charge in [0.05, 0.1) is 5.92 Å². The van der Waals surface area contributed by atoms with Gasteiger partial charge in [0.25, 0.3) is 0 Å². The Hall–Kier alpha value is -1.85. The summed E-state index contributed by atoms with van der Waals surface area (Å²) in [5.41, 5.74) is 0. The van der Waals surface area contributed by atoms with Crippen molar-refractivity contribution in [1.82, 2.24) is 5.32 Å². The van der Waals surface area contributed by atoms with Crippen molar-refractivity contribution in [2.24, 2.45) is 17.8 Å². The Morgan fingerprint density at radius 2 is 2.26 bits per heavy atom. The summed E-state index contributed by atoms with van der Waals surface area (Å²) in [7, 11) is 0. The maximum absolute atomic E-state index is 11.6. The monoisotopic (exact) mass is 265 g/mol. The summed E-state index contributed by atoms with van der Waals surface area (Å²) in [6, 6.07) is 0. The second-order valence-electron chi connectivity index (χ2n) is 5.28. The molecular formula is C13H15NO5. The molecule has 2 aliphatic carbocycles. The van der Waals surface area contributed by atoms with Crippen molar-refractivity contribution in [1.29, 1.82) is 0 Å². The second-order valence-corrected chi connectivity index (χ2v) is 5.28. The summed E-state index contributed by atoms with van der Waals surface area (Å²) >= 11 is 0. The quantitative estimate of drug-likeness (QED) is 0.561. The van der Waals surface area contributed by atoms with Gasteiger partial charge in [-0.3, -0.25) is 14.4 Å². The number of esters is 2. The van der Waals surface area contributed by atoms with Gasteiger partial charge in [-0.2, -0.15) is 0 Å². The molecule has 19 heavy (non-hydrogen) atoms. The van der Waals surface area contributed by atoms with Crippen molar-refractivity contribution in [2.75, 3.05) is 6.54 Å². The average Bonchev–Trinajstić information content (AvgIpc) is 3.00. The van der Waals surface area contributed by atoms with E-state index in [0.29, 0.717) is 0 Å². The zero-order chi connectivity index (χ0) is 13.6. The molecule has 102 valence electrons. The minimum absolute atomic E-state index is 0.00502. The fraction of sp³-hybridized carbons (Fsp3) is 0.615. The average molecular weight is 265 g/mol. The lowest BCUT2D eigenvalue weighted by Crippen LogP contribution is -2.39. The number of nitrogens with one attached hydrogen (secondary N) is 1. The predicted octanol–water partition coefficient (Wildman–Crippen LogP) is -0.218. The van der Waals surface area contributed by atoms with Crippen LogP contribution in [0.3, 0.4) is 0 Å². The number of hydrogen-bond acceptors (Lipinski definition) is 5. The topological polar surface area (TPSA) is 81.7 Å². The number of ether oxygens (including phenoxy) is 2. The largest absolute Gasteiger partial charge is 0.458 e. The summed E-state index contributed by atoms with van der Waals surface area (Å²) in [5, 5.41) is 2.36. The van der Waals surface area contributed by atoms with Gasteiger partial charge in [-0.1, -0.05) is 6.58 Å². The van der Waals surface area contributed by atoms with Gasteiger partial charge in [0.1, 0.15) is 18.8 Å². The Morgan fingerprint density at radius 3 is 3.00 bits per heavy atom. The van der Waals surface area contributed by atoms with Crippen molar-refractivity contribution in [3.63, 3.8) is 0 Å². The molecule has 1 aliphatic heterocycles. The van der Waals surface area contributed by atoms with E-state index in [1.807, 2.05) is 0 Å². The summed E-state index contributed by atoms with van der Waals surface area (Å²) in [6.07, 6.45) is 2.10. The summed E-state index contributed by atoms with van der Waals surface area (Å²) < 4.78 is 10.6. The van der Waals surface area contributed by atoms with E-state index in [9.17, 15) is 14.4 Å². The highest BCUT2D eigenvalue weighted by atomic mass is 16.6. The first kappa shape index (κ1) is 12.2. The van der Waals surface area contributed by atoms with Crippen molar-refractivity contribution in [3.05, 3.63) is 12.7 Å². The molecule has 0 radical (unpaired) electrons.